The molecular weight excluding hydrogens is 656 g/mol. The molecule has 3 saturated heterocycles. The average Bonchev–Trinajstić information content (AvgIpc) is 3.70. The van der Waals surface area contributed by atoms with Crippen LogP contribution in [0.5, 0.6) is 5.75 Å². The number of unbranched alkanes of at least 4 members (excludes halogenated alkanes) is 1. The Morgan fingerprint density at radius 3 is 2.68 bits per heavy atom. The lowest BCUT2D eigenvalue weighted by atomic mass is 10.0. The van der Waals surface area contributed by atoms with E-state index in [1.807, 2.05) is 11.8 Å². The summed E-state index contributed by atoms with van der Waals surface area (Å²) in [7, 11) is 0. The van der Waals surface area contributed by atoms with Crippen molar-refractivity contribution in [2.75, 3.05) is 12.3 Å². The van der Waals surface area contributed by atoms with Crippen molar-refractivity contribution in [3.8, 4) is 5.75 Å². The summed E-state index contributed by atoms with van der Waals surface area (Å²) < 4.78 is 4.19. The number of phenolic OH excluding ortho intramolecular Hbond substituents is 1. The Hall–Kier alpha value is -4.23. The molecule has 0 aliphatic carbocycles. The van der Waals surface area contributed by atoms with Crippen molar-refractivity contribution in [3.63, 3.8) is 0 Å². The van der Waals surface area contributed by atoms with E-state index in [-0.39, 0.29) is 47.4 Å². The predicted molar refractivity (Wildman–Crippen MR) is 167 cm³/mol. The highest BCUT2D eigenvalue weighted by molar-refractivity contribution is 8.00. The second kappa shape index (κ2) is 16.1. The summed E-state index contributed by atoms with van der Waals surface area (Å²) in [6.07, 6.45) is 3.25. The molecule has 4 unspecified atom stereocenters. The van der Waals surface area contributed by atoms with Gasteiger partial charge < -0.3 is 25.9 Å². The molecule has 3 heterocycles. The van der Waals surface area contributed by atoms with Gasteiger partial charge in [-0.15, -0.1) is 14.5 Å². The van der Waals surface area contributed by atoms with Crippen LogP contribution in [0.1, 0.15) is 48.0 Å². The molecule has 5 rings (SSSR count). The first-order valence-corrected chi connectivity index (χ1v) is 16.6. The van der Waals surface area contributed by atoms with E-state index >= 15 is 0 Å². The number of benzene rings is 2. The third-order valence-electron chi connectivity index (χ3n) is 7.65. The molecule has 2 aromatic carbocycles. The molecule has 18 heteroatoms. The topological polar surface area (TPSA) is 218 Å². The van der Waals surface area contributed by atoms with Crippen LogP contribution in [-0.2, 0) is 35.0 Å². The normalized spacial score (nSPS) is 22.0. The van der Waals surface area contributed by atoms with Gasteiger partial charge in [-0.05, 0) is 61.2 Å². The van der Waals surface area contributed by atoms with Gasteiger partial charge >= 0.3 is 12.0 Å². The lowest BCUT2D eigenvalue weighted by molar-refractivity contribution is -0.432. The van der Waals surface area contributed by atoms with Crippen molar-refractivity contribution < 1.29 is 48.5 Å². The number of carbonyl (C=O) groups is 5. The molecule has 3 aliphatic heterocycles. The fraction of sp³-hybridized carbons (Fsp3) is 0.414. The molecule has 2 aromatic rings. The van der Waals surface area contributed by atoms with Gasteiger partial charge in [-0.25, -0.2) is 14.8 Å². The number of thioether (sulfide) groups is 1. The fourth-order valence-corrected chi connectivity index (χ4v) is 7.31. The van der Waals surface area contributed by atoms with Crippen LogP contribution in [0.15, 0.2) is 52.7 Å². The third kappa shape index (κ3) is 8.98. The van der Waals surface area contributed by atoms with Crippen molar-refractivity contribution in [1.29, 1.82) is 0 Å². The molecule has 0 spiro atoms. The van der Waals surface area contributed by atoms with Gasteiger partial charge in [-0.3, -0.25) is 14.4 Å². The molecule has 0 radical (unpaired) electrons. The molecule has 250 valence electrons. The lowest BCUT2D eigenvalue weighted by Crippen LogP contribution is -2.36. The van der Waals surface area contributed by atoms with E-state index in [1.165, 1.54) is 30.3 Å². The first-order chi connectivity index (χ1) is 22.7. The SMILES string of the molecule is O=C(CCCCC1SCC2NC(=O)NC21)NCCc1ccc(O)c(/N=N/c2ccc(C(=O)ON3C(=O)CC(SOOO)C3=O)cc2)c1. The Kier molecular flexibility index (Phi) is 11.6. The number of aromatic hydroxyl groups is 1. The quantitative estimate of drug-likeness (QED) is 0.0346. The molecule has 5 amide bonds. The van der Waals surface area contributed by atoms with Crippen LogP contribution in [0.3, 0.4) is 0 Å². The summed E-state index contributed by atoms with van der Waals surface area (Å²) in [5.41, 5.74) is 1.43. The van der Waals surface area contributed by atoms with Gasteiger partial charge in [0.15, 0.2) is 0 Å². The maximum absolute atomic E-state index is 12.5. The van der Waals surface area contributed by atoms with Crippen LogP contribution >= 0.6 is 23.8 Å². The smallest absolute Gasteiger partial charge is 0.363 e. The van der Waals surface area contributed by atoms with Crippen LogP contribution in [0.25, 0.3) is 0 Å². The number of hydrogen-bond donors (Lipinski definition) is 5. The molecule has 0 bridgehead atoms. The Bertz CT molecular complexity index is 1530. The van der Waals surface area contributed by atoms with E-state index in [1.54, 1.807) is 12.1 Å². The highest BCUT2D eigenvalue weighted by atomic mass is 32.2. The number of rotatable bonds is 15. The summed E-state index contributed by atoms with van der Waals surface area (Å²) in [6, 6.07) is 10.8. The van der Waals surface area contributed by atoms with Gasteiger partial charge in [0.05, 0.1) is 29.8 Å². The zero-order valence-electron chi connectivity index (χ0n) is 24.8. The van der Waals surface area contributed by atoms with E-state index in [0.29, 0.717) is 47.4 Å². The summed E-state index contributed by atoms with van der Waals surface area (Å²) in [5, 5.41) is 38.6. The van der Waals surface area contributed by atoms with Crippen molar-refractivity contribution in [2.45, 2.75) is 61.1 Å². The number of phenols is 1. The number of hydroxylamine groups is 2. The number of amides is 5. The molecular formula is C29H32N6O10S2. The fourth-order valence-electron chi connectivity index (χ4n) is 5.24. The Morgan fingerprint density at radius 1 is 1.09 bits per heavy atom. The minimum Gasteiger partial charge on any atom is -0.506 e. The monoisotopic (exact) mass is 688 g/mol. The second-order valence-electron chi connectivity index (χ2n) is 10.9. The zero-order valence-corrected chi connectivity index (χ0v) is 26.5. The van der Waals surface area contributed by atoms with Gasteiger partial charge in [-0.1, -0.05) is 17.5 Å². The minimum absolute atomic E-state index is 0.0325. The summed E-state index contributed by atoms with van der Waals surface area (Å²) in [6.45, 7) is 0.413. The van der Waals surface area contributed by atoms with Gasteiger partial charge in [0, 0.05) is 36.0 Å². The highest BCUT2D eigenvalue weighted by Gasteiger charge is 2.44. The van der Waals surface area contributed by atoms with Gasteiger partial charge in [0.1, 0.15) is 16.7 Å². The second-order valence-corrected chi connectivity index (χ2v) is 13.0. The molecule has 0 aromatic heterocycles. The number of nitrogens with one attached hydrogen (secondary N) is 3. The molecule has 47 heavy (non-hydrogen) atoms. The van der Waals surface area contributed by atoms with E-state index in [0.717, 1.165) is 30.6 Å². The lowest BCUT2D eigenvalue weighted by Gasteiger charge is -2.16. The number of hydrogen-bond acceptors (Lipinski definition) is 14. The zero-order chi connectivity index (χ0) is 33.3. The van der Waals surface area contributed by atoms with Crippen LogP contribution in [0, 0.1) is 0 Å². The van der Waals surface area contributed by atoms with E-state index in [2.05, 4.69) is 35.6 Å². The summed E-state index contributed by atoms with van der Waals surface area (Å²) >= 11 is 2.26. The highest BCUT2D eigenvalue weighted by Crippen LogP contribution is 2.33. The number of imide groups is 1. The number of fused-ring (bicyclic) bond motifs is 1. The Balaban J connectivity index is 1.03. The molecule has 4 atom stereocenters. The van der Waals surface area contributed by atoms with Crippen LogP contribution in [0.4, 0.5) is 16.2 Å². The maximum Gasteiger partial charge on any atom is 0.363 e. The largest absolute Gasteiger partial charge is 0.506 e. The summed E-state index contributed by atoms with van der Waals surface area (Å²) in [5.74, 6) is -1.78. The van der Waals surface area contributed by atoms with E-state index in [9.17, 15) is 29.1 Å². The molecule has 3 aliphatic rings. The van der Waals surface area contributed by atoms with Crippen molar-refractivity contribution >= 4 is 64.9 Å². The predicted octanol–water partition coefficient (Wildman–Crippen LogP) is 3.46. The van der Waals surface area contributed by atoms with Crippen molar-refractivity contribution in [3.05, 3.63) is 53.6 Å². The average molecular weight is 689 g/mol. The maximum atomic E-state index is 12.5. The van der Waals surface area contributed by atoms with Crippen LogP contribution in [-0.4, -0.2) is 80.0 Å². The van der Waals surface area contributed by atoms with Gasteiger partial charge in [-0.2, -0.15) is 16.9 Å². The molecule has 16 nitrogen and oxygen atoms in total. The first-order valence-electron chi connectivity index (χ1n) is 14.7. The number of urea groups is 1. The number of azo groups is 1. The molecule has 3 fully saturated rings. The Morgan fingerprint density at radius 2 is 1.89 bits per heavy atom. The minimum atomic E-state index is -1.05. The molecule has 0 saturated carbocycles. The Labute approximate surface area is 277 Å². The van der Waals surface area contributed by atoms with Crippen LogP contribution < -0.4 is 16.0 Å². The van der Waals surface area contributed by atoms with Crippen molar-refractivity contribution in [2.24, 2.45) is 10.2 Å². The third-order valence-corrected chi connectivity index (χ3v) is 9.90. The number of carbonyl (C=O) groups excluding carboxylic acids is 5. The standard InChI is InChI=1S/C29H32N6O10S2/c36-21-10-5-16(11-12-30-24(37)4-2-1-3-22-26-20(15-46-22)31-29(41)32-26)13-19(21)34-33-18-8-6-17(7-9-18)28(40)43-35-25(38)14-23(27(35)39)47-45-44-42/h5-10,13,20,22-23,26,36,42H,1-4,11-12,14-15H2,(H,30,37)(H2,31,32,41)/b34-33+. The first kappa shape index (κ1) is 34.1. The molecule has 5 N–H and O–H groups in total. The van der Waals surface area contributed by atoms with Gasteiger partial charge in [0.25, 0.3) is 11.8 Å². The summed E-state index contributed by atoms with van der Waals surface area (Å²) in [4.78, 5) is 65.5. The van der Waals surface area contributed by atoms with E-state index < -0.39 is 23.0 Å². The van der Waals surface area contributed by atoms with E-state index in [4.69, 9.17) is 10.1 Å². The number of nitrogens with zero attached hydrogens (tertiary/aromatic N) is 3. The van der Waals surface area contributed by atoms with Crippen LogP contribution in [0.2, 0.25) is 0 Å². The van der Waals surface area contributed by atoms with Gasteiger partial charge in [0.2, 0.25) is 5.91 Å². The van der Waals surface area contributed by atoms with Crippen molar-refractivity contribution in [1.82, 2.24) is 21.0 Å².